The van der Waals surface area contributed by atoms with Crippen molar-refractivity contribution in [3.05, 3.63) is 23.8 Å². The largest absolute Gasteiger partial charge is 0.493 e. The number of para-hydroxylation sites is 1. The molecule has 2 atom stereocenters. The molecule has 2 aliphatic rings. The third-order valence-electron chi connectivity index (χ3n) is 4.36. The summed E-state index contributed by atoms with van der Waals surface area (Å²) < 4.78 is 12.0. The highest BCUT2D eigenvalue weighted by Gasteiger charge is 2.23. The van der Waals surface area contributed by atoms with Gasteiger partial charge in [-0.05, 0) is 44.0 Å². The van der Waals surface area contributed by atoms with E-state index in [4.69, 9.17) is 9.47 Å². The van der Waals surface area contributed by atoms with Crippen LogP contribution < -0.4 is 14.8 Å². The van der Waals surface area contributed by atoms with Gasteiger partial charge in [-0.2, -0.15) is 11.8 Å². The van der Waals surface area contributed by atoms with Crippen molar-refractivity contribution in [2.75, 3.05) is 31.7 Å². The van der Waals surface area contributed by atoms with Crippen molar-refractivity contribution in [2.45, 2.75) is 37.7 Å². The van der Waals surface area contributed by atoms with Gasteiger partial charge in [0, 0.05) is 23.8 Å². The molecule has 1 aromatic rings. The van der Waals surface area contributed by atoms with Crippen LogP contribution in [0.5, 0.6) is 11.5 Å². The minimum Gasteiger partial charge on any atom is -0.493 e. The molecule has 0 amide bonds. The predicted octanol–water partition coefficient (Wildman–Crippen LogP) is 3.44. The predicted molar refractivity (Wildman–Crippen MR) is 88.8 cm³/mol. The average Bonchev–Trinajstić information content (AvgIpc) is 2.56. The molecule has 116 valence electrons. The average molecular weight is 307 g/mol. The van der Waals surface area contributed by atoms with Crippen molar-refractivity contribution >= 4 is 11.8 Å². The zero-order valence-corrected chi connectivity index (χ0v) is 13.6. The van der Waals surface area contributed by atoms with Gasteiger partial charge < -0.3 is 14.8 Å². The number of methoxy groups -OCH3 is 1. The molecule has 0 aromatic heterocycles. The first-order valence-corrected chi connectivity index (χ1v) is 9.16. The third-order valence-corrected chi connectivity index (χ3v) is 5.55. The van der Waals surface area contributed by atoms with E-state index in [1.807, 2.05) is 11.8 Å². The summed E-state index contributed by atoms with van der Waals surface area (Å²) in [7, 11) is 1.76. The minimum atomic E-state index is 0.331. The van der Waals surface area contributed by atoms with Gasteiger partial charge in [0.05, 0.1) is 7.11 Å². The highest BCUT2D eigenvalue weighted by molar-refractivity contribution is 7.99. The highest BCUT2D eigenvalue weighted by atomic mass is 32.2. The van der Waals surface area contributed by atoms with Crippen molar-refractivity contribution in [1.82, 2.24) is 5.32 Å². The normalized spacial score (nSPS) is 26.3. The number of hydrogen-bond acceptors (Lipinski definition) is 4. The maximum Gasteiger partial charge on any atom is 0.164 e. The lowest BCUT2D eigenvalue weighted by Gasteiger charge is -2.27. The summed E-state index contributed by atoms with van der Waals surface area (Å²) in [5.41, 5.74) is 1.30. The molecular formula is C17H25NO2S. The molecule has 0 bridgehead atoms. The van der Waals surface area contributed by atoms with Gasteiger partial charge in [0.2, 0.25) is 0 Å². The molecule has 3 nitrogen and oxygen atoms in total. The molecule has 2 unspecified atom stereocenters. The lowest BCUT2D eigenvalue weighted by Crippen LogP contribution is -2.28. The first-order chi connectivity index (χ1) is 10.4. The third kappa shape index (κ3) is 3.67. The second-order valence-corrected chi connectivity index (χ2v) is 7.03. The van der Waals surface area contributed by atoms with E-state index in [1.165, 1.54) is 30.6 Å². The van der Waals surface area contributed by atoms with E-state index in [-0.39, 0.29) is 0 Å². The van der Waals surface area contributed by atoms with Gasteiger partial charge in [-0.25, -0.2) is 0 Å². The zero-order chi connectivity index (χ0) is 14.5. The Morgan fingerprint density at radius 3 is 2.90 bits per heavy atom. The van der Waals surface area contributed by atoms with Crippen LogP contribution in [0.2, 0.25) is 0 Å². The molecular weight excluding hydrogens is 282 g/mol. The van der Waals surface area contributed by atoms with Crippen LogP contribution in [-0.4, -0.2) is 37.8 Å². The molecule has 2 heterocycles. The Morgan fingerprint density at radius 1 is 1.24 bits per heavy atom. The number of piperidine rings is 1. The second-order valence-electron chi connectivity index (χ2n) is 5.88. The van der Waals surface area contributed by atoms with Crippen molar-refractivity contribution in [3.8, 4) is 11.5 Å². The number of hydrogen-bond donors (Lipinski definition) is 1. The Balaban J connectivity index is 1.79. The van der Waals surface area contributed by atoms with Crippen LogP contribution in [0, 0.1) is 0 Å². The second kappa shape index (κ2) is 7.41. The fraction of sp³-hybridized carbons (Fsp3) is 0.647. The fourth-order valence-corrected chi connectivity index (χ4v) is 4.30. The van der Waals surface area contributed by atoms with Crippen LogP contribution in [0.15, 0.2) is 18.2 Å². The van der Waals surface area contributed by atoms with Crippen LogP contribution in [0.1, 0.15) is 37.2 Å². The first-order valence-electron chi connectivity index (χ1n) is 8.00. The molecule has 0 aliphatic carbocycles. The Hall–Kier alpha value is -0.870. The molecule has 1 aromatic carbocycles. The maximum atomic E-state index is 6.24. The minimum absolute atomic E-state index is 0.331. The number of benzene rings is 1. The van der Waals surface area contributed by atoms with Gasteiger partial charge in [-0.3, -0.25) is 0 Å². The molecule has 0 radical (unpaired) electrons. The lowest BCUT2D eigenvalue weighted by molar-refractivity contribution is 0.201. The Bertz CT molecular complexity index is 454. The van der Waals surface area contributed by atoms with Gasteiger partial charge in [-0.15, -0.1) is 0 Å². The zero-order valence-electron chi connectivity index (χ0n) is 12.8. The van der Waals surface area contributed by atoms with Crippen molar-refractivity contribution in [3.63, 3.8) is 0 Å². The van der Waals surface area contributed by atoms with E-state index in [0.717, 1.165) is 36.8 Å². The van der Waals surface area contributed by atoms with Gasteiger partial charge in [0.15, 0.2) is 11.5 Å². The summed E-state index contributed by atoms with van der Waals surface area (Å²) in [6, 6.07) is 6.36. The van der Waals surface area contributed by atoms with E-state index in [1.54, 1.807) is 7.11 Å². The Morgan fingerprint density at radius 2 is 2.19 bits per heavy atom. The van der Waals surface area contributed by atoms with E-state index in [0.29, 0.717) is 12.0 Å². The molecule has 2 aliphatic heterocycles. The van der Waals surface area contributed by atoms with Gasteiger partial charge in [-0.1, -0.05) is 12.1 Å². The number of nitrogens with one attached hydrogen (secondary N) is 1. The Labute approximate surface area is 131 Å². The van der Waals surface area contributed by atoms with Gasteiger partial charge in [0.25, 0.3) is 0 Å². The summed E-state index contributed by atoms with van der Waals surface area (Å²) >= 11 is 1.99. The summed E-state index contributed by atoms with van der Waals surface area (Å²) in [4.78, 5) is 0. The van der Waals surface area contributed by atoms with Gasteiger partial charge in [0.1, 0.15) is 6.10 Å². The standard InChI is InChI=1S/C17H25NO2S/c1-19-17-15(13-5-3-9-18-11-13)7-2-8-16(17)20-14-6-4-10-21-12-14/h2,7-8,13-14,18H,3-6,9-12H2,1H3. The first kappa shape index (κ1) is 15.0. The molecule has 3 rings (SSSR count). The van der Waals surface area contributed by atoms with Gasteiger partial charge >= 0.3 is 0 Å². The number of rotatable bonds is 4. The molecule has 0 saturated carbocycles. The van der Waals surface area contributed by atoms with E-state index in [9.17, 15) is 0 Å². The summed E-state index contributed by atoms with van der Waals surface area (Å²) in [6.45, 7) is 2.17. The lowest BCUT2D eigenvalue weighted by atomic mass is 9.91. The van der Waals surface area contributed by atoms with Crippen LogP contribution in [-0.2, 0) is 0 Å². The Kier molecular flexibility index (Phi) is 5.31. The molecule has 21 heavy (non-hydrogen) atoms. The number of thioether (sulfide) groups is 1. The van der Waals surface area contributed by atoms with Crippen molar-refractivity contribution in [1.29, 1.82) is 0 Å². The molecule has 0 spiro atoms. The summed E-state index contributed by atoms with van der Waals surface area (Å²) in [5.74, 6) is 4.77. The van der Waals surface area contributed by atoms with Crippen molar-refractivity contribution in [2.24, 2.45) is 0 Å². The molecule has 1 N–H and O–H groups in total. The summed E-state index contributed by atoms with van der Waals surface area (Å²) in [5, 5.41) is 3.49. The van der Waals surface area contributed by atoms with Crippen molar-refractivity contribution < 1.29 is 9.47 Å². The quantitative estimate of drug-likeness (QED) is 0.923. The molecule has 2 fully saturated rings. The van der Waals surface area contributed by atoms with Crippen LogP contribution >= 0.6 is 11.8 Å². The molecule has 2 saturated heterocycles. The topological polar surface area (TPSA) is 30.5 Å². The SMILES string of the molecule is COc1c(OC2CCCSC2)cccc1C1CCCNC1. The summed E-state index contributed by atoms with van der Waals surface area (Å²) in [6.07, 6.45) is 5.21. The maximum absolute atomic E-state index is 6.24. The van der Waals surface area contributed by atoms with Crippen LogP contribution in [0.25, 0.3) is 0 Å². The fourth-order valence-electron chi connectivity index (χ4n) is 3.27. The molecule has 4 heteroatoms. The number of ether oxygens (including phenoxy) is 2. The monoisotopic (exact) mass is 307 g/mol. The van der Waals surface area contributed by atoms with E-state index < -0.39 is 0 Å². The van der Waals surface area contributed by atoms with E-state index in [2.05, 4.69) is 23.5 Å². The van der Waals surface area contributed by atoms with Crippen LogP contribution in [0.3, 0.4) is 0 Å². The van der Waals surface area contributed by atoms with Crippen LogP contribution in [0.4, 0.5) is 0 Å². The smallest absolute Gasteiger partial charge is 0.164 e. The highest BCUT2D eigenvalue weighted by Crippen LogP contribution is 2.39. The van der Waals surface area contributed by atoms with E-state index >= 15 is 0 Å².